The molecule has 27 heavy (non-hydrogen) atoms. The van der Waals surface area contributed by atoms with Crippen LogP contribution in [0.25, 0.3) is 11.0 Å². The van der Waals surface area contributed by atoms with Crippen LogP contribution >= 0.6 is 0 Å². The SMILES string of the molecule is CCOC(=O)c1ccc(Cn2c(C(F)(F)F)nc3cc(C)c(C)cc32)cc1. The summed E-state index contributed by atoms with van der Waals surface area (Å²) in [6.45, 7) is 5.66. The molecule has 0 aliphatic rings. The summed E-state index contributed by atoms with van der Waals surface area (Å²) < 4.78 is 46.6. The molecule has 0 bridgehead atoms. The third kappa shape index (κ3) is 3.82. The average Bonchev–Trinajstić information content (AvgIpc) is 2.94. The molecule has 0 spiro atoms. The van der Waals surface area contributed by atoms with Crippen molar-refractivity contribution in [2.75, 3.05) is 6.61 Å². The molecule has 0 saturated carbocycles. The van der Waals surface area contributed by atoms with E-state index in [0.29, 0.717) is 22.2 Å². The summed E-state index contributed by atoms with van der Waals surface area (Å²) >= 11 is 0. The Balaban J connectivity index is 2.03. The van der Waals surface area contributed by atoms with E-state index in [2.05, 4.69) is 4.98 Å². The molecule has 4 nitrogen and oxygen atoms in total. The summed E-state index contributed by atoms with van der Waals surface area (Å²) in [5.41, 5.74) is 3.52. The summed E-state index contributed by atoms with van der Waals surface area (Å²) in [7, 11) is 0. The molecule has 0 fully saturated rings. The fourth-order valence-electron chi connectivity index (χ4n) is 2.90. The number of ether oxygens (including phenoxy) is 1. The third-order valence-electron chi connectivity index (χ3n) is 4.42. The molecule has 3 aromatic rings. The maximum atomic E-state index is 13.5. The molecule has 0 aliphatic heterocycles. The van der Waals surface area contributed by atoms with Gasteiger partial charge in [-0.25, -0.2) is 9.78 Å². The lowest BCUT2D eigenvalue weighted by atomic mass is 10.1. The first-order valence-corrected chi connectivity index (χ1v) is 8.51. The topological polar surface area (TPSA) is 44.1 Å². The first-order valence-electron chi connectivity index (χ1n) is 8.51. The minimum absolute atomic E-state index is 0.00303. The number of alkyl halides is 3. The van der Waals surface area contributed by atoms with Crippen LogP contribution in [-0.2, 0) is 17.5 Å². The molecule has 0 saturated heterocycles. The lowest BCUT2D eigenvalue weighted by molar-refractivity contribution is -0.146. The van der Waals surface area contributed by atoms with Crippen LogP contribution in [0.15, 0.2) is 36.4 Å². The molecule has 0 N–H and O–H groups in total. The van der Waals surface area contributed by atoms with Gasteiger partial charge in [0, 0.05) is 6.54 Å². The number of rotatable bonds is 4. The number of benzene rings is 2. The van der Waals surface area contributed by atoms with Crippen molar-refractivity contribution in [2.24, 2.45) is 0 Å². The predicted octanol–water partition coefficient (Wildman–Crippen LogP) is 4.90. The van der Waals surface area contributed by atoms with Crippen LogP contribution in [-0.4, -0.2) is 22.1 Å². The number of aryl methyl sites for hydroxylation is 2. The smallest absolute Gasteiger partial charge is 0.449 e. The number of aromatic nitrogens is 2. The van der Waals surface area contributed by atoms with Gasteiger partial charge in [0.1, 0.15) is 0 Å². The number of carbonyl (C=O) groups is 1. The quantitative estimate of drug-likeness (QED) is 0.609. The largest absolute Gasteiger partial charge is 0.462 e. The standard InChI is InChI=1S/C20H19F3N2O2/c1-4-27-18(26)15-7-5-14(6-8-15)11-25-17-10-13(3)12(2)9-16(17)24-19(25)20(21,22)23/h5-10H,4,11H2,1-3H3. The summed E-state index contributed by atoms with van der Waals surface area (Å²) in [5, 5.41) is 0. The lowest BCUT2D eigenvalue weighted by Crippen LogP contribution is -2.15. The van der Waals surface area contributed by atoms with Crippen molar-refractivity contribution in [1.82, 2.24) is 9.55 Å². The Bertz CT molecular complexity index is 989. The van der Waals surface area contributed by atoms with Crippen molar-refractivity contribution in [1.29, 1.82) is 0 Å². The molecular weight excluding hydrogens is 357 g/mol. The number of nitrogens with zero attached hydrogens (tertiary/aromatic N) is 2. The van der Waals surface area contributed by atoms with Gasteiger partial charge in [-0.3, -0.25) is 0 Å². The molecule has 1 heterocycles. The second-order valence-electron chi connectivity index (χ2n) is 6.36. The van der Waals surface area contributed by atoms with Crippen LogP contribution in [0, 0.1) is 13.8 Å². The van der Waals surface area contributed by atoms with Crippen molar-refractivity contribution in [3.63, 3.8) is 0 Å². The number of fused-ring (bicyclic) bond motifs is 1. The van der Waals surface area contributed by atoms with Crippen LogP contribution < -0.4 is 0 Å². The van der Waals surface area contributed by atoms with E-state index in [4.69, 9.17) is 4.74 Å². The van der Waals surface area contributed by atoms with E-state index >= 15 is 0 Å². The van der Waals surface area contributed by atoms with Gasteiger partial charge in [-0.05, 0) is 61.7 Å². The number of carbonyl (C=O) groups excluding carboxylic acids is 1. The van der Waals surface area contributed by atoms with Crippen molar-refractivity contribution in [3.8, 4) is 0 Å². The van der Waals surface area contributed by atoms with Crippen LogP contribution in [0.2, 0.25) is 0 Å². The summed E-state index contributed by atoms with van der Waals surface area (Å²) in [6.07, 6.45) is -4.56. The van der Waals surface area contributed by atoms with Gasteiger partial charge in [0.2, 0.25) is 5.82 Å². The molecule has 0 aliphatic carbocycles. The van der Waals surface area contributed by atoms with Gasteiger partial charge in [0.15, 0.2) is 0 Å². The first-order chi connectivity index (χ1) is 12.7. The fraction of sp³-hybridized carbons (Fsp3) is 0.300. The lowest BCUT2D eigenvalue weighted by Gasteiger charge is -2.12. The van der Waals surface area contributed by atoms with Crippen molar-refractivity contribution in [3.05, 3.63) is 64.5 Å². The van der Waals surface area contributed by atoms with E-state index in [1.807, 2.05) is 13.8 Å². The molecule has 0 radical (unpaired) electrons. The maximum Gasteiger partial charge on any atom is 0.449 e. The maximum absolute atomic E-state index is 13.5. The van der Waals surface area contributed by atoms with E-state index < -0.39 is 18.0 Å². The Kier molecular flexibility index (Phi) is 4.95. The number of halogens is 3. The average molecular weight is 376 g/mol. The van der Waals surface area contributed by atoms with E-state index in [0.717, 1.165) is 11.1 Å². The molecule has 142 valence electrons. The highest BCUT2D eigenvalue weighted by Crippen LogP contribution is 2.33. The fourth-order valence-corrected chi connectivity index (χ4v) is 2.90. The Morgan fingerprint density at radius 2 is 1.74 bits per heavy atom. The Morgan fingerprint density at radius 1 is 1.11 bits per heavy atom. The second-order valence-corrected chi connectivity index (χ2v) is 6.36. The number of esters is 1. The third-order valence-corrected chi connectivity index (χ3v) is 4.42. The van der Waals surface area contributed by atoms with Crippen LogP contribution in [0.1, 0.15) is 39.8 Å². The van der Waals surface area contributed by atoms with Gasteiger partial charge in [0.25, 0.3) is 0 Å². The second kappa shape index (κ2) is 7.06. The van der Waals surface area contributed by atoms with E-state index in [-0.39, 0.29) is 13.2 Å². The zero-order valence-electron chi connectivity index (χ0n) is 15.2. The Hall–Kier alpha value is -2.83. The summed E-state index contributed by atoms with van der Waals surface area (Å²) in [4.78, 5) is 15.5. The van der Waals surface area contributed by atoms with E-state index in [1.54, 1.807) is 43.3 Å². The van der Waals surface area contributed by atoms with Crippen LogP contribution in [0.3, 0.4) is 0 Å². The van der Waals surface area contributed by atoms with Gasteiger partial charge < -0.3 is 9.30 Å². The van der Waals surface area contributed by atoms with Crippen LogP contribution in [0.4, 0.5) is 13.2 Å². The predicted molar refractivity (Wildman–Crippen MR) is 95.7 cm³/mol. The molecule has 0 unspecified atom stereocenters. The first kappa shape index (κ1) is 18.9. The van der Waals surface area contributed by atoms with Gasteiger partial charge >= 0.3 is 12.1 Å². The minimum atomic E-state index is -4.56. The molecular formula is C20H19F3N2O2. The van der Waals surface area contributed by atoms with E-state index in [1.165, 1.54) is 4.57 Å². The van der Waals surface area contributed by atoms with Gasteiger partial charge in [-0.1, -0.05) is 12.1 Å². The highest BCUT2D eigenvalue weighted by Gasteiger charge is 2.37. The minimum Gasteiger partial charge on any atom is -0.462 e. The zero-order valence-corrected chi connectivity index (χ0v) is 15.2. The molecule has 0 atom stereocenters. The molecule has 3 rings (SSSR count). The van der Waals surface area contributed by atoms with Crippen molar-refractivity contribution >= 4 is 17.0 Å². The van der Waals surface area contributed by atoms with Gasteiger partial charge in [-0.2, -0.15) is 13.2 Å². The summed E-state index contributed by atoms with van der Waals surface area (Å²) in [5.74, 6) is -1.39. The summed E-state index contributed by atoms with van der Waals surface area (Å²) in [6, 6.07) is 9.74. The number of hydrogen-bond donors (Lipinski definition) is 0. The Labute approximate surface area is 154 Å². The van der Waals surface area contributed by atoms with Crippen molar-refractivity contribution in [2.45, 2.75) is 33.5 Å². The monoisotopic (exact) mass is 376 g/mol. The molecule has 7 heteroatoms. The van der Waals surface area contributed by atoms with E-state index in [9.17, 15) is 18.0 Å². The van der Waals surface area contributed by atoms with Crippen molar-refractivity contribution < 1.29 is 22.7 Å². The van der Waals surface area contributed by atoms with Crippen LogP contribution in [0.5, 0.6) is 0 Å². The molecule has 0 amide bonds. The molecule has 1 aromatic heterocycles. The number of imidazole rings is 1. The number of hydrogen-bond acceptors (Lipinski definition) is 3. The highest BCUT2D eigenvalue weighted by molar-refractivity contribution is 5.89. The molecule has 2 aromatic carbocycles. The normalized spacial score (nSPS) is 11.8. The highest BCUT2D eigenvalue weighted by atomic mass is 19.4. The van der Waals surface area contributed by atoms with Gasteiger partial charge in [0.05, 0.1) is 23.2 Å². The van der Waals surface area contributed by atoms with Gasteiger partial charge in [-0.15, -0.1) is 0 Å². The Morgan fingerprint density at radius 3 is 2.33 bits per heavy atom. The zero-order chi connectivity index (χ0) is 19.8.